The number of benzene rings is 3. The highest BCUT2D eigenvalue weighted by Crippen LogP contribution is 2.25. The molecule has 0 spiro atoms. The van der Waals surface area contributed by atoms with E-state index in [9.17, 15) is 9.90 Å². The van der Waals surface area contributed by atoms with Crippen LogP contribution in [0.2, 0.25) is 0 Å². The number of amides is 1. The molecule has 0 radical (unpaired) electrons. The number of pyridine rings is 1. The molecule has 4 rings (SSSR count). The van der Waals surface area contributed by atoms with Crippen LogP contribution in [0.15, 0.2) is 84.0 Å². The average molecular weight is 493 g/mol. The van der Waals surface area contributed by atoms with Gasteiger partial charge in [0.2, 0.25) is 0 Å². The predicted octanol–water partition coefficient (Wildman–Crippen LogP) is 4.98. The first-order valence-corrected chi connectivity index (χ1v) is 9.97. The van der Waals surface area contributed by atoms with Crippen molar-refractivity contribution in [1.29, 1.82) is 0 Å². The summed E-state index contributed by atoms with van der Waals surface area (Å²) in [6.07, 6.45) is 1.54. The second kappa shape index (κ2) is 8.40. The van der Waals surface area contributed by atoms with Gasteiger partial charge in [-0.1, -0.05) is 48.5 Å². The molecule has 0 aliphatic carbocycles. The van der Waals surface area contributed by atoms with Crippen LogP contribution in [0.3, 0.4) is 0 Å². The first-order valence-electron chi connectivity index (χ1n) is 8.89. The Morgan fingerprint density at radius 3 is 2.55 bits per heavy atom. The van der Waals surface area contributed by atoms with Crippen LogP contribution < -0.4 is 5.43 Å². The summed E-state index contributed by atoms with van der Waals surface area (Å²) in [5.74, 6) is -0.103. The number of aromatic nitrogens is 1. The van der Waals surface area contributed by atoms with E-state index in [0.29, 0.717) is 9.13 Å². The maximum Gasteiger partial charge on any atom is 0.272 e. The molecule has 1 aromatic heterocycles. The number of phenols is 1. The van der Waals surface area contributed by atoms with Gasteiger partial charge in [0.1, 0.15) is 5.75 Å². The summed E-state index contributed by atoms with van der Waals surface area (Å²) < 4.78 is 0.713. The molecule has 2 N–H and O–H groups in total. The Balaban J connectivity index is 1.66. The molecular weight excluding hydrogens is 477 g/mol. The van der Waals surface area contributed by atoms with Crippen molar-refractivity contribution in [2.24, 2.45) is 5.10 Å². The van der Waals surface area contributed by atoms with Crippen LogP contribution in [0.5, 0.6) is 5.75 Å². The van der Waals surface area contributed by atoms with Gasteiger partial charge in [0.05, 0.1) is 26.6 Å². The topological polar surface area (TPSA) is 74.6 Å². The molecule has 6 heteroatoms. The van der Waals surface area contributed by atoms with Gasteiger partial charge in [0, 0.05) is 10.9 Å². The molecule has 0 bridgehead atoms. The number of rotatable bonds is 4. The molecule has 142 valence electrons. The summed E-state index contributed by atoms with van der Waals surface area (Å²) in [6, 6.07) is 24.2. The fourth-order valence-electron chi connectivity index (χ4n) is 2.95. The van der Waals surface area contributed by atoms with E-state index in [1.54, 1.807) is 30.5 Å². The lowest BCUT2D eigenvalue weighted by molar-refractivity contribution is 0.0956. The summed E-state index contributed by atoms with van der Waals surface area (Å²) >= 11 is 2.04. The number of carbonyl (C=O) groups excluding carboxylic acids is 1. The van der Waals surface area contributed by atoms with Crippen LogP contribution in [0.1, 0.15) is 15.9 Å². The normalized spacial score (nSPS) is 11.1. The van der Waals surface area contributed by atoms with Crippen LogP contribution in [0, 0.1) is 3.57 Å². The lowest BCUT2D eigenvalue weighted by atomic mass is 10.0. The van der Waals surface area contributed by atoms with Crippen LogP contribution in [-0.4, -0.2) is 22.2 Å². The maximum atomic E-state index is 12.9. The molecule has 0 atom stereocenters. The SMILES string of the molecule is O=C(N/N=C/c1ccc(O)c(I)c1)c1cc(-c2ccccc2)nc2ccccc12. The number of para-hydroxylation sites is 1. The van der Waals surface area contributed by atoms with E-state index in [4.69, 9.17) is 4.98 Å². The third-order valence-electron chi connectivity index (χ3n) is 4.38. The third kappa shape index (κ3) is 4.27. The Morgan fingerprint density at radius 1 is 1.00 bits per heavy atom. The highest BCUT2D eigenvalue weighted by molar-refractivity contribution is 14.1. The second-order valence-corrected chi connectivity index (χ2v) is 7.51. The van der Waals surface area contributed by atoms with Crippen molar-refractivity contribution in [2.75, 3.05) is 0 Å². The fourth-order valence-corrected chi connectivity index (χ4v) is 3.49. The van der Waals surface area contributed by atoms with Gasteiger partial charge < -0.3 is 5.11 Å². The summed E-state index contributed by atoms with van der Waals surface area (Å²) in [6.45, 7) is 0. The molecule has 0 aliphatic rings. The quantitative estimate of drug-likeness (QED) is 0.239. The minimum Gasteiger partial charge on any atom is -0.507 e. The van der Waals surface area contributed by atoms with E-state index in [0.717, 1.165) is 27.7 Å². The first kappa shape index (κ1) is 19.1. The maximum absolute atomic E-state index is 12.9. The van der Waals surface area contributed by atoms with Gasteiger partial charge in [0.25, 0.3) is 5.91 Å². The summed E-state index contributed by atoms with van der Waals surface area (Å²) in [5, 5.41) is 14.4. The Bertz CT molecular complexity index is 1220. The van der Waals surface area contributed by atoms with E-state index in [1.807, 2.05) is 77.2 Å². The molecule has 0 saturated carbocycles. The van der Waals surface area contributed by atoms with Gasteiger partial charge in [0.15, 0.2) is 0 Å². The number of nitrogens with one attached hydrogen (secondary N) is 1. The third-order valence-corrected chi connectivity index (χ3v) is 5.25. The molecule has 29 heavy (non-hydrogen) atoms. The standard InChI is InChI=1S/C23H16IN3O2/c24-19-12-15(10-11-22(19)28)14-25-27-23(29)18-13-21(16-6-2-1-3-7-16)26-20-9-5-4-8-17(18)20/h1-14,28H,(H,27,29)/b25-14+. The van der Waals surface area contributed by atoms with Crippen molar-refractivity contribution in [3.8, 4) is 17.0 Å². The molecule has 1 heterocycles. The van der Waals surface area contributed by atoms with E-state index < -0.39 is 0 Å². The second-order valence-electron chi connectivity index (χ2n) is 6.35. The monoisotopic (exact) mass is 493 g/mol. The Labute approximate surface area is 181 Å². The van der Waals surface area contributed by atoms with Crippen molar-refractivity contribution >= 4 is 45.6 Å². The minimum atomic E-state index is -0.314. The molecular formula is C23H16IN3O2. The summed E-state index contributed by atoms with van der Waals surface area (Å²) in [5.41, 5.74) is 6.29. The van der Waals surface area contributed by atoms with E-state index in [-0.39, 0.29) is 11.7 Å². The first-order chi connectivity index (χ1) is 14.1. The number of carbonyl (C=O) groups is 1. The van der Waals surface area contributed by atoms with Crippen LogP contribution in [0.25, 0.3) is 22.2 Å². The van der Waals surface area contributed by atoms with Crippen LogP contribution >= 0.6 is 22.6 Å². The van der Waals surface area contributed by atoms with Crippen molar-refractivity contribution in [2.45, 2.75) is 0 Å². The number of hydrazone groups is 1. The number of aromatic hydroxyl groups is 1. The van der Waals surface area contributed by atoms with Gasteiger partial charge in [-0.3, -0.25) is 4.79 Å². The van der Waals surface area contributed by atoms with Crippen molar-refractivity contribution < 1.29 is 9.90 Å². The number of fused-ring (bicyclic) bond motifs is 1. The summed E-state index contributed by atoms with van der Waals surface area (Å²) in [4.78, 5) is 17.6. The molecule has 0 aliphatic heterocycles. The van der Waals surface area contributed by atoms with Crippen LogP contribution in [-0.2, 0) is 0 Å². The molecule has 0 unspecified atom stereocenters. The number of hydrogen-bond donors (Lipinski definition) is 2. The lowest BCUT2D eigenvalue weighted by Gasteiger charge is -2.09. The van der Waals surface area contributed by atoms with E-state index >= 15 is 0 Å². The Hall–Kier alpha value is -3.26. The Morgan fingerprint density at radius 2 is 1.76 bits per heavy atom. The van der Waals surface area contributed by atoms with Crippen LogP contribution in [0.4, 0.5) is 0 Å². The zero-order valence-corrected chi connectivity index (χ0v) is 17.4. The number of hydrogen-bond acceptors (Lipinski definition) is 4. The smallest absolute Gasteiger partial charge is 0.272 e. The lowest BCUT2D eigenvalue weighted by Crippen LogP contribution is -2.18. The molecule has 5 nitrogen and oxygen atoms in total. The molecule has 3 aromatic carbocycles. The van der Waals surface area contributed by atoms with Gasteiger partial charge in [-0.05, 0) is 58.5 Å². The minimum absolute atomic E-state index is 0.212. The van der Waals surface area contributed by atoms with Gasteiger partial charge in [-0.15, -0.1) is 0 Å². The average Bonchev–Trinajstić information content (AvgIpc) is 2.76. The molecule has 1 amide bonds. The van der Waals surface area contributed by atoms with Crippen molar-refractivity contribution in [1.82, 2.24) is 10.4 Å². The number of phenolic OH excluding ortho intramolecular Hbond substituents is 1. The summed E-state index contributed by atoms with van der Waals surface area (Å²) in [7, 11) is 0. The molecule has 0 fully saturated rings. The van der Waals surface area contributed by atoms with Gasteiger partial charge in [-0.2, -0.15) is 5.10 Å². The van der Waals surface area contributed by atoms with E-state index in [1.165, 1.54) is 0 Å². The molecule has 0 saturated heterocycles. The van der Waals surface area contributed by atoms with Gasteiger partial charge in [-0.25, -0.2) is 10.4 Å². The highest BCUT2D eigenvalue weighted by atomic mass is 127. The largest absolute Gasteiger partial charge is 0.507 e. The fraction of sp³-hybridized carbons (Fsp3) is 0. The highest BCUT2D eigenvalue weighted by Gasteiger charge is 2.13. The zero-order chi connectivity index (χ0) is 20.2. The number of halogens is 1. The van der Waals surface area contributed by atoms with Crippen molar-refractivity contribution in [3.05, 3.63) is 93.6 Å². The zero-order valence-electron chi connectivity index (χ0n) is 15.2. The Kier molecular flexibility index (Phi) is 5.53. The predicted molar refractivity (Wildman–Crippen MR) is 123 cm³/mol. The molecule has 4 aromatic rings. The van der Waals surface area contributed by atoms with Gasteiger partial charge >= 0.3 is 0 Å². The number of nitrogens with zero attached hydrogens (tertiary/aromatic N) is 2. The van der Waals surface area contributed by atoms with Crippen molar-refractivity contribution in [3.63, 3.8) is 0 Å². The van der Waals surface area contributed by atoms with E-state index in [2.05, 4.69) is 10.5 Å².